The normalized spacial score (nSPS) is 10.9. The highest BCUT2D eigenvalue weighted by Crippen LogP contribution is 2.01. The van der Waals surface area contributed by atoms with E-state index in [1.165, 1.54) is 6.92 Å². The minimum absolute atomic E-state index is 0.0914. The Kier molecular flexibility index (Phi) is 4.41. The SMILES string of the molecule is CCOS(=O)(=O)[O-].c1ccc2[nH+]c[nH]c2c1. The van der Waals surface area contributed by atoms with Crippen LogP contribution in [0.25, 0.3) is 11.0 Å². The second kappa shape index (κ2) is 5.59. The molecule has 1 aromatic carbocycles. The lowest BCUT2D eigenvalue weighted by molar-refractivity contribution is -0.344. The molecule has 1 aromatic heterocycles. The molecule has 0 aliphatic heterocycles. The number of benzene rings is 1. The maximum Gasteiger partial charge on any atom is 0.240 e. The van der Waals surface area contributed by atoms with Gasteiger partial charge in [0.25, 0.3) is 0 Å². The molecule has 6 nitrogen and oxygen atoms in total. The summed E-state index contributed by atoms with van der Waals surface area (Å²) in [4.78, 5) is 6.13. The minimum atomic E-state index is -4.42. The van der Waals surface area contributed by atoms with E-state index >= 15 is 0 Å². The van der Waals surface area contributed by atoms with Crippen molar-refractivity contribution in [2.45, 2.75) is 6.92 Å². The highest BCUT2D eigenvalue weighted by atomic mass is 32.3. The summed E-state index contributed by atoms with van der Waals surface area (Å²) in [5.41, 5.74) is 2.30. The van der Waals surface area contributed by atoms with Crippen molar-refractivity contribution in [2.24, 2.45) is 0 Å². The molecule has 2 aromatic rings. The fraction of sp³-hybridized carbons (Fsp3) is 0.222. The Balaban J connectivity index is 0.000000168. The molecular weight excluding hydrogens is 232 g/mol. The van der Waals surface area contributed by atoms with Gasteiger partial charge in [0.05, 0.1) is 6.61 Å². The van der Waals surface area contributed by atoms with Crippen molar-refractivity contribution in [3.63, 3.8) is 0 Å². The van der Waals surface area contributed by atoms with Gasteiger partial charge in [-0.1, -0.05) is 12.1 Å². The summed E-state index contributed by atoms with van der Waals surface area (Å²) >= 11 is 0. The molecule has 0 aliphatic rings. The molecule has 2 N–H and O–H groups in total. The van der Waals surface area contributed by atoms with Crippen LogP contribution in [0.3, 0.4) is 0 Å². The number of rotatable bonds is 2. The van der Waals surface area contributed by atoms with Gasteiger partial charge in [-0.3, -0.25) is 4.18 Å². The first kappa shape index (κ1) is 12.6. The number of hydrogen-bond acceptors (Lipinski definition) is 4. The zero-order valence-corrected chi connectivity index (χ0v) is 9.45. The molecule has 16 heavy (non-hydrogen) atoms. The molecule has 2 rings (SSSR count). The maximum atomic E-state index is 9.45. The standard InChI is InChI=1S/C7H6N2.C2H6O4S/c1-2-4-7-6(3-1)8-5-9-7;1-2-6-7(3,4)5/h1-5H,(H,8,9);2H2,1H3,(H,3,4,5). The van der Waals surface area contributed by atoms with Crippen molar-refractivity contribution in [3.05, 3.63) is 30.6 Å². The second-order valence-electron chi connectivity index (χ2n) is 2.79. The Morgan fingerprint density at radius 3 is 2.62 bits per heavy atom. The zero-order chi connectivity index (χ0) is 12.0. The molecule has 0 saturated carbocycles. The number of H-pyrrole nitrogens is 2. The Labute approximate surface area is 93.2 Å². The molecule has 0 aliphatic carbocycles. The lowest BCUT2D eigenvalue weighted by Crippen LogP contribution is -2.02. The fourth-order valence-corrected chi connectivity index (χ4v) is 1.36. The molecule has 7 heteroatoms. The van der Waals surface area contributed by atoms with E-state index in [2.05, 4.69) is 14.2 Å². The van der Waals surface area contributed by atoms with Gasteiger partial charge in [0.2, 0.25) is 16.7 Å². The van der Waals surface area contributed by atoms with Crippen LogP contribution < -0.4 is 4.98 Å². The molecule has 88 valence electrons. The van der Waals surface area contributed by atoms with Crippen molar-refractivity contribution >= 4 is 21.4 Å². The predicted octanol–water partition coefficient (Wildman–Crippen LogP) is 0.465. The van der Waals surface area contributed by atoms with Gasteiger partial charge < -0.3 is 4.55 Å². The molecule has 0 unspecified atom stereocenters. The van der Waals surface area contributed by atoms with E-state index in [-0.39, 0.29) is 6.61 Å². The highest BCUT2D eigenvalue weighted by Gasteiger charge is 1.95. The Hall–Kier alpha value is -1.44. The molecule has 0 saturated heterocycles. The summed E-state index contributed by atoms with van der Waals surface area (Å²) in [6, 6.07) is 8.08. The summed E-state index contributed by atoms with van der Waals surface area (Å²) in [5, 5.41) is 0. The number of aromatic nitrogens is 2. The molecule has 0 spiro atoms. The number of nitrogens with one attached hydrogen (secondary N) is 2. The minimum Gasteiger partial charge on any atom is -0.726 e. The number of imidazole rings is 1. The third-order valence-corrected chi connectivity index (χ3v) is 2.17. The average molecular weight is 244 g/mol. The monoisotopic (exact) mass is 244 g/mol. The van der Waals surface area contributed by atoms with E-state index in [0.717, 1.165) is 11.0 Å². The van der Waals surface area contributed by atoms with Crippen LogP contribution in [-0.2, 0) is 14.6 Å². The maximum absolute atomic E-state index is 9.45. The van der Waals surface area contributed by atoms with Gasteiger partial charge >= 0.3 is 0 Å². The molecule has 0 radical (unpaired) electrons. The van der Waals surface area contributed by atoms with Gasteiger partial charge in [-0.2, -0.15) is 0 Å². The van der Waals surface area contributed by atoms with Crippen LogP contribution >= 0.6 is 0 Å². The van der Waals surface area contributed by atoms with Gasteiger partial charge in [0.1, 0.15) is 0 Å². The first-order chi connectivity index (χ1) is 7.53. The first-order valence-electron chi connectivity index (χ1n) is 4.57. The van der Waals surface area contributed by atoms with E-state index in [1.807, 2.05) is 30.6 Å². The van der Waals surface area contributed by atoms with Crippen LogP contribution in [0.1, 0.15) is 6.92 Å². The quantitative estimate of drug-likeness (QED) is 0.613. The topological polar surface area (TPSA) is 96.4 Å². The Morgan fingerprint density at radius 2 is 2.12 bits per heavy atom. The summed E-state index contributed by atoms with van der Waals surface area (Å²) in [6.07, 6.45) is 1.82. The smallest absolute Gasteiger partial charge is 0.240 e. The van der Waals surface area contributed by atoms with E-state index in [9.17, 15) is 13.0 Å². The number of hydrogen-bond donors (Lipinski definition) is 1. The van der Waals surface area contributed by atoms with Crippen molar-refractivity contribution in [3.8, 4) is 0 Å². The molecule has 1 heterocycles. The van der Waals surface area contributed by atoms with Crippen molar-refractivity contribution in [1.29, 1.82) is 0 Å². The molecular formula is C9H12N2O4S. The predicted molar refractivity (Wildman–Crippen MR) is 56.2 cm³/mol. The number of para-hydroxylation sites is 2. The van der Waals surface area contributed by atoms with Crippen LogP contribution in [-0.4, -0.2) is 24.6 Å². The van der Waals surface area contributed by atoms with E-state index in [0.29, 0.717) is 0 Å². The van der Waals surface area contributed by atoms with Crippen molar-refractivity contribution in [2.75, 3.05) is 6.61 Å². The number of aromatic amines is 2. The summed E-state index contributed by atoms with van der Waals surface area (Å²) in [5.74, 6) is 0. The average Bonchev–Trinajstić information content (AvgIpc) is 2.64. The van der Waals surface area contributed by atoms with Gasteiger partial charge in [-0.25, -0.2) is 18.4 Å². The van der Waals surface area contributed by atoms with Crippen LogP contribution in [0.4, 0.5) is 0 Å². The van der Waals surface area contributed by atoms with Crippen LogP contribution in [0.15, 0.2) is 30.6 Å². The Morgan fingerprint density at radius 1 is 1.44 bits per heavy atom. The molecule has 0 bridgehead atoms. The van der Waals surface area contributed by atoms with Crippen LogP contribution in [0, 0.1) is 0 Å². The van der Waals surface area contributed by atoms with Crippen molar-refractivity contribution in [1.82, 2.24) is 4.98 Å². The van der Waals surface area contributed by atoms with E-state index in [4.69, 9.17) is 0 Å². The van der Waals surface area contributed by atoms with Gasteiger partial charge in [0.15, 0.2) is 11.0 Å². The van der Waals surface area contributed by atoms with Gasteiger partial charge in [-0.15, -0.1) is 0 Å². The number of fused-ring (bicyclic) bond motifs is 1. The third kappa shape index (κ3) is 4.39. The Bertz CT molecular complexity index is 505. The first-order valence-corrected chi connectivity index (χ1v) is 5.90. The zero-order valence-electron chi connectivity index (χ0n) is 8.64. The summed E-state index contributed by atoms with van der Waals surface area (Å²) in [6.45, 7) is 1.33. The summed E-state index contributed by atoms with van der Waals surface area (Å²) in [7, 11) is -4.42. The lowest BCUT2D eigenvalue weighted by atomic mass is 10.3. The molecule has 0 fully saturated rings. The van der Waals surface area contributed by atoms with E-state index < -0.39 is 10.4 Å². The van der Waals surface area contributed by atoms with Gasteiger partial charge in [0, 0.05) is 0 Å². The fourth-order valence-electron chi connectivity index (χ4n) is 1.07. The van der Waals surface area contributed by atoms with Gasteiger partial charge in [-0.05, 0) is 19.1 Å². The van der Waals surface area contributed by atoms with Crippen LogP contribution in [0.5, 0.6) is 0 Å². The van der Waals surface area contributed by atoms with Crippen molar-refractivity contribution < 1.29 is 22.1 Å². The highest BCUT2D eigenvalue weighted by molar-refractivity contribution is 7.80. The van der Waals surface area contributed by atoms with Crippen LogP contribution in [0.2, 0.25) is 0 Å². The lowest BCUT2D eigenvalue weighted by Gasteiger charge is -2.02. The van der Waals surface area contributed by atoms with E-state index in [1.54, 1.807) is 0 Å². The largest absolute Gasteiger partial charge is 0.726 e. The molecule has 0 atom stereocenters. The summed E-state index contributed by atoms with van der Waals surface area (Å²) < 4.78 is 32.0. The second-order valence-corrected chi connectivity index (χ2v) is 3.85. The third-order valence-electron chi connectivity index (χ3n) is 1.64. The molecule has 0 amide bonds.